The molecular formula is C12H20F2N2O. The molecule has 1 fully saturated rings. The van der Waals surface area contributed by atoms with E-state index >= 15 is 0 Å². The lowest BCUT2D eigenvalue weighted by Crippen LogP contribution is -2.55. The van der Waals surface area contributed by atoms with Gasteiger partial charge in [-0.15, -0.1) is 0 Å². The van der Waals surface area contributed by atoms with Gasteiger partial charge in [-0.2, -0.15) is 5.10 Å². The average molecular weight is 246 g/mol. The van der Waals surface area contributed by atoms with Gasteiger partial charge in [-0.1, -0.05) is 13.8 Å². The Bertz CT molecular complexity index is 310. The fraction of sp³-hybridized carbons (Fsp3) is 0.917. The Morgan fingerprint density at radius 3 is 2.59 bits per heavy atom. The molecule has 0 spiro atoms. The van der Waals surface area contributed by atoms with Gasteiger partial charge in [0.2, 0.25) is 5.92 Å². The first-order valence-electron chi connectivity index (χ1n) is 6.27. The quantitative estimate of drug-likeness (QED) is 0.745. The first kappa shape index (κ1) is 12.7. The van der Waals surface area contributed by atoms with Crippen LogP contribution < -0.4 is 0 Å². The molecule has 98 valence electrons. The van der Waals surface area contributed by atoms with Gasteiger partial charge in [0.05, 0.1) is 5.71 Å². The Morgan fingerprint density at radius 2 is 2.12 bits per heavy atom. The van der Waals surface area contributed by atoms with E-state index < -0.39 is 5.92 Å². The maximum atomic E-state index is 12.7. The van der Waals surface area contributed by atoms with Gasteiger partial charge in [-0.25, -0.2) is 8.78 Å². The van der Waals surface area contributed by atoms with Crippen LogP contribution in [0, 0.1) is 11.8 Å². The number of ether oxygens (including phenoxy) is 1. The highest BCUT2D eigenvalue weighted by atomic mass is 19.3. The molecule has 1 saturated carbocycles. The van der Waals surface area contributed by atoms with Crippen LogP contribution in [0.25, 0.3) is 0 Å². The van der Waals surface area contributed by atoms with E-state index in [1.165, 1.54) is 0 Å². The monoisotopic (exact) mass is 246 g/mol. The number of rotatable bonds is 5. The molecule has 0 aromatic carbocycles. The van der Waals surface area contributed by atoms with Crippen LogP contribution in [0.3, 0.4) is 0 Å². The fourth-order valence-corrected chi connectivity index (χ4v) is 2.39. The molecule has 1 aliphatic heterocycles. The molecule has 2 aliphatic rings. The summed E-state index contributed by atoms with van der Waals surface area (Å²) in [6, 6.07) is 0. The number of hydrazone groups is 1. The molecule has 0 bridgehead atoms. The highest BCUT2D eigenvalue weighted by Gasteiger charge is 2.47. The topological polar surface area (TPSA) is 24.8 Å². The summed E-state index contributed by atoms with van der Waals surface area (Å²) < 4.78 is 31.0. The van der Waals surface area contributed by atoms with E-state index in [9.17, 15) is 8.78 Å². The molecular weight excluding hydrogens is 226 g/mol. The molecule has 1 heterocycles. The Labute approximate surface area is 101 Å². The lowest BCUT2D eigenvalue weighted by atomic mass is 9.81. The molecule has 0 amide bonds. The highest BCUT2D eigenvalue weighted by Crippen LogP contribution is 2.43. The third-order valence-corrected chi connectivity index (χ3v) is 3.30. The summed E-state index contributed by atoms with van der Waals surface area (Å²) in [4.78, 5) is 0. The predicted molar refractivity (Wildman–Crippen MR) is 62.1 cm³/mol. The van der Waals surface area contributed by atoms with Crippen LogP contribution in [0.4, 0.5) is 8.78 Å². The summed E-state index contributed by atoms with van der Waals surface area (Å²) in [5, 5.41) is 6.19. The van der Waals surface area contributed by atoms with Crippen molar-refractivity contribution in [1.82, 2.24) is 5.01 Å². The first-order chi connectivity index (χ1) is 7.93. The van der Waals surface area contributed by atoms with Crippen molar-refractivity contribution < 1.29 is 13.5 Å². The molecule has 3 nitrogen and oxygen atoms in total. The minimum Gasteiger partial charge on any atom is -0.351 e. The van der Waals surface area contributed by atoms with E-state index in [0.29, 0.717) is 19.1 Å². The molecule has 1 atom stereocenters. The van der Waals surface area contributed by atoms with Gasteiger partial charge in [0, 0.05) is 26.0 Å². The normalized spacial score (nSPS) is 27.8. The van der Waals surface area contributed by atoms with Crippen molar-refractivity contribution in [2.24, 2.45) is 16.9 Å². The Morgan fingerprint density at radius 1 is 1.47 bits per heavy atom. The minimum atomic E-state index is -2.44. The Balaban J connectivity index is 1.86. The summed E-state index contributed by atoms with van der Waals surface area (Å²) >= 11 is 0. The zero-order chi connectivity index (χ0) is 12.6. The third kappa shape index (κ3) is 2.59. The molecule has 0 radical (unpaired) electrons. The molecule has 5 heteroatoms. The second-order valence-corrected chi connectivity index (χ2v) is 5.24. The van der Waals surface area contributed by atoms with Crippen molar-refractivity contribution in [3.8, 4) is 0 Å². The molecule has 17 heavy (non-hydrogen) atoms. The van der Waals surface area contributed by atoms with Crippen LogP contribution >= 0.6 is 0 Å². The van der Waals surface area contributed by atoms with Crippen LogP contribution in [0.5, 0.6) is 0 Å². The van der Waals surface area contributed by atoms with Crippen molar-refractivity contribution in [2.45, 2.75) is 45.8 Å². The molecule has 0 aromatic rings. The van der Waals surface area contributed by atoms with Crippen LogP contribution in [0.1, 0.15) is 33.6 Å². The summed E-state index contributed by atoms with van der Waals surface area (Å²) in [5.74, 6) is -2.03. The van der Waals surface area contributed by atoms with Crippen LogP contribution in [-0.4, -0.2) is 36.0 Å². The lowest BCUT2D eigenvalue weighted by Gasteiger charge is -2.44. The molecule has 2 rings (SSSR count). The molecule has 0 aromatic heterocycles. The fourth-order valence-electron chi connectivity index (χ4n) is 2.39. The number of hydrogen-bond donors (Lipinski definition) is 0. The van der Waals surface area contributed by atoms with Crippen LogP contribution in [0.15, 0.2) is 5.10 Å². The average Bonchev–Trinajstić information content (AvgIpc) is 2.16. The first-order valence-corrected chi connectivity index (χ1v) is 6.27. The Kier molecular flexibility index (Phi) is 3.39. The van der Waals surface area contributed by atoms with Crippen molar-refractivity contribution in [2.75, 3.05) is 13.2 Å². The molecule has 1 unspecified atom stereocenters. The zero-order valence-electron chi connectivity index (χ0n) is 10.6. The maximum Gasteiger partial charge on any atom is 0.248 e. The second-order valence-electron chi connectivity index (χ2n) is 5.24. The van der Waals surface area contributed by atoms with E-state index in [-0.39, 0.29) is 25.0 Å². The van der Waals surface area contributed by atoms with E-state index in [0.717, 1.165) is 5.71 Å². The van der Waals surface area contributed by atoms with Gasteiger partial charge in [0.15, 0.2) is 6.23 Å². The summed E-state index contributed by atoms with van der Waals surface area (Å²) in [7, 11) is 0. The van der Waals surface area contributed by atoms with Gasteiger partial charge < -0.3 is 4.74 Å². The standard InChI is InChI=1S/C12H20F2N2O/c1-4-17-11-10(8(2)3)15-16(11)7-9-5-12(13,14)6-9/h8-9,11H,4-7H2,1-3H3. The Hall–Kier alpha value is -0.710. The van der Waals surface area contributed by atoms with Gasteiger partial charge in [-0.05, 0) is 18.8 Å². The smallest absolute Gasteiger partial charge is 0.248 e. The van der Waals surface area contributed by atoms with E-state index in [2.05, 4.69) is 18.9 Å². The zero-order valence-corrected chi connectivity index (χ0v) is 10.6. The lowest BCUT2D eigenvalue weighted by molar-refractivity contribution is -0.131. The van der Waals surface area contributed by atoms with Gasteiger partial charge in [-0.3, -0.25) is 5.01 Å². The minimum absolute atomic E-state index is 0.00508. The third-order valence-electron chi connectivity index (χ3n) is 3.30. The second kappa shape index (κ2) is 4.52. The van der Waals surface area contributed by atoms with Crippen molar-refractivity contribution >= 4 is 5.71 Å². The van der Waals surface area contributed by atoms with Crippen molar-refractivity contribution in [1.29, 1.82) is 0 Å². The van der Waals surface area contributed by atoms with E-state index in [4.69, 9.17) is 4.74 Å². The number of halogens is 2. The van der Waals surface area contributed by atoms with Gasteiger partial charge in [0.1, 0.15) is 0 Å². The number of hydrogen-bond acceptors (Lipinski definition) is 3. The van der Waals surface area contributed by atoms with Gasteiger partial charge >= 0.3 is 0 Å². The molecule has 1 aliphatic carbocycles. The maximum absolute atomic E-state index is 12.7. The van der Waals surface area contributed by atoms with Gasteiger partial charge in [0.25, 0.3) is 0 Å². The van der Waals surface area contributed by atoms with E-state index in [1.54, 1.807) is 0 Å². The van der Waals surface area contributed by atoms with E-state index in [1.807, 2.05) is 11.9 Å². The molecule has 0 N–H and O–H groups in total. The summed E-state index contributed by atoms with van der Waals surface area (Å²) in [6.07, 6.45) is -0.0988. The summed E-state index contributed by atoms with van der Waals surface area (Å²) in [5.41, 5.74) is 1.03. The van der Waals surface area contributed by atoms with Crippen molar-refractivity contribution in [3.63, 3.8) is 0 Å². The number of alkyl halides is 2. The van der Waals surface area contributed by atoms with Crippen LogP contribution in [-0.2, 0) is 4.74 Å². The predicted octanol–water partition coefficient (Wildman–Crippen LogP) is 2.72. The molecule has 0 saturated heterocycles. The largest absolute Gasteiger partial charge is 0.351 e. The van der Waals surface area contributed by atoms with Crippen LogP contribution in [0.2, 0.25) is 0 Å². The SMILES string of the molecule is CCOC1C(C(C)C)=NN1CC1CC(F)(F)C1. The highest BCUT2D eigenvalue weighted by molar-refractivity contribution is 5.93. The number of nitrogens with zero attached hydrogens (tertiary/aromatic N) is 2. The summed E-state index contributed by atoms with van der Waals surface area (Å²) in [6.45, 7) is 7.29. The van der Waals surface area contributed by atoms with Crippen molar-refractivity contribution in [3.05, 3.63) is 0 Å².